The van der Waals surface area contributed by atoms with Crippen LogP contribution in [-0.2, 0) is 9.53 Å². The first-order chi connectivity index (χ1) is 10.1. The second-order valence-electron chi connectivity index (χ2n) is 5.25. The predicted octanol–water partition coefficient (Wildman–Crippen LogP) is 2.16. The van der Waals surface area contributed by atoms with Crippen LogP contribution in [0, 0.1) is 0 Å². The Kier molecular flexibility index (Phi) is 4.07. The van der Waals surface area contributed by atoms with Gasteiger partial charge in [0.15, 0.2) is 5.17 Å². The summed E-state index contributed by atoms with van der Waals surface area (Å²) in [5, 5.41) is 0.780. The summed E-state index contributed by atoms with van der Waals surface area (Å²) < 4.78 is 5.71. The molecule has 1 aromatic heterocycles. The average molecular weight is 303 g/mol. The third-order valence-electron chi connectivity index (χ3n) is 3.30. The van der Waals surface area contributed by atoms with E-state index in [0.717, 1.165) is 23.8 Å². The van der Waals surface area contributed by atoms with Crippen molar-refractivity contribution in [2.75, 3.05) is 13.1 Å². The molecule has 0 aromatic carbocycles. The number of pyridine rings is 1. The van der Waals surface area contributed by atoms with Gasteiger partial charge in [-0.2, -0.15) is 4.99 Å². The lowest BCUT2D eigenvalue weighted by molar-refractivity contribution is -0.113. The monoisotopic (exact) mass is 303 g/mol. The van der Waals surface area contributed by atoms with Crippen LogP contribution in [0.3, 0.4) is 0 Å². The number of aromatic nitrogens is 1. The lowest BCUT2D eigenvalue weighted by Gasteiger charge is -2.35. The number of carbonyl (C=O) groups is 1. The maximum atomic E-state index is 12.0. The number of aliphatic imine (C=N–C) groups is 1. The van der Waals surface area contributed by atoms with Crippen molar-refractivity contribution in [1.29, 1.82) is 0 Å². The number of carbonyl (C=O) groups excluding carboxylic acids is 1. The van der Waals surface area contributed by atoms with Crippen LogP contribution in [0.1, 0.15) is 19.4 Å². The van der Waals surface area contributed by atoms with E-state index >= 15 is 0 Å². The van der Waals surface area contributed by atoms with E-state index in [1.807, 2.05) is 32.1 Å². The third kappa shape index (κ3) is 3.33. The zero-order chi connectivity index (χ0) is 14.8. The molecule has 0 unspecified atom stereocenters. The Morgan fingerprint density at radius 3 is 2.62 bits per heavy atom. The molecule has 0 aliphatic carbocycles. The molecule has 3 rings (SSSR count). The quantitative estimate of drug-likeness (QED) is 0.744. The molecule has 2 atom stereocenters. The molecule has 0 radical (unpaired) electrons. The summed E-state index contributed by atoms with van der Waals surface area (Å²) in [7, 11) is 0. The standard InChI is InChI=1S/C15H17N3O2S/c1-10-8-18(9-11(2)20-10)15-17-14(19)13(21-15)7-12-3-5-16-6-4-12/h3-7,10-11H,8-9H2,1-2H3/b13-7-/t10-,11+. The third-order valence-corrected chi connectivity index (χ3v) is 4.35. The molecule has 0 saturated carbocycles. The van der Waals surface area contributed by atoms with Crippen molar-refractivity contribution in [3.05, 3.63) is 35.0 Å². The number of thioether (sulfide) groups is 1. The van der Waals surface area contributed by atoms with Gasteiger partial charge in [-0.3, -0.25) is 9.78 Å². The van der Waals surface area contributed by atoms with Crippen LogP contribution in [-0.4, -0.2) is 46.3 Å². The first kappa shape index (κ1) is 14.3. The molecule has 0 N–H and O–H groups in total. The second-order valence-corrected chi connectivity index (χ2v) is 6.26. The van der Waals surface area contributed by atoms with Gasteiger partial charge >= 0.3 is 0 Å². The molecule has 0 spiro atoms. The molecule has 3 heterocycles. The first-order valence-corrected chi connectivity index (χ1v) is 7.76. The Morgan fingerprint density at radius 2 is 1.95 bits per heavy atom. The van der Waals surface area contributed by atoms with Gasteiger partial charge in [-0.1, -0.05) is 0 Å². The number of hydrogen-bond donors (Lipinski definition) is 0. The molecular weight excluding hydrogens is 286 g/mol. The van der Waals surface area contributed by atoms with Gasteiger partial charge in [-0.05, 0) is 49.4 Å². The summed E-state index contributed by atoms with van der Waals surface area (Å²) in [6.45, 7) is 5.62. The van der Waals surface area contributed by atoms with E-state index < -0.39 is 0 Å². The SMILES string of the molecule is C[C@@H]1CN(C2=NC(=O)/C(=C/c3ccncc3)S2)C[C@H](C)O1. The summed E-state index contributed by atoms with van der Waals surface area (Å²) >= 11 is 1.44. The number of amidine groups is 1. The highest BCUT2D eigenvalue weighted by atomic mass is 32.2. The molecule has 21 heavy (non-hydrogen) atoms. The molecule has 1 saturated heterocycles. The van der Waals surface area contributed by atoms with Gasteiger partial charge in [0.25, 0.3) is 5.91 Å². The molecule has 1 fully saturated rings. The molecule has 1 amide bonds. The number of ether oxygens (including phenoxy) is 1. The number of amides is 1. The van der Waals surface area contributed by atoms with Gasteiger partial charge in [-0.15, -0.1) is 0 Å². The summed E-state index contributed by atoms with van der Waals surface area (Å²) in [5.74, 6) is -0.168. The van der Waals surface area contributed by atoms with Crippen LogP contribution in [0.4, 0.5) is 0 Å². The van der Waals surface area contributed by atoms with Crippen LogP contribution in [0.2, 0.25) is 0 Å². The number of rotatable bonds is 1. The normalized spacial score (nSPS) is 28.1. The minimum absolute atomic E-state index is 0.153. The smallest absolute Gasteiger partial charge is 0.286 e. The first-order valence-electron chi connectivity index (χ1n) is 6.95. The number of hydrogen-bond acceptors (Lipinski definition) is 5. The average Bonchev–Trinajstić information content (AvgIpc) is 2.80. The summed E-state index contributed by atoms with van der Waals surface area (Å²) in [6.07, 6.45) is 5.59. The maximum absolute atomic E-state index is 12.0. The van der Waals surface area contributed by atoms with Crippen molar-refractivity contribution < 1.29 is 9.53 Å². The van der Waals surface area contributed by atoms with Crippen LogP contribution in [0.25, 0.3) is 6.08 Å². The van der Waals surface area contributed by atoms with E-state index in [4.69, 9.17) is 4.74 Å². The number of morpholine rings is 1. The maximum Gasteiger partial charge on any atom is 0.286 e. The van der Waals surface area contributed by atoms with Crippen LogP contribution in [0.5, 0.6) is 0 Å². The molecule has 5 nitrogen and oxygen atoms in total. The van der Waals surface area contributed by atoms with E-state index in [0.29, 0.717) is 4.91 Å². The summed E-state index contributed by atoms with van der Waals surface area (Å²) in [6, 6.07) is 3.75. The molecule has 2 aliphatic heterocycles. The molecule has 110 valence electrons. The van der Waals surface area contributed by atoms with Gasteiger partial charge in [-0.25, -0.2) is 0 Å². The fourth-order valence-electron chi connectivity index (χ4n) is 2.48. The van der Waals surface area contributed by atoms with Gasteiger partial charge < -0.3 is 9.64 Å². The van der Waals surface area contributed by atoms with E-state index in [-0.39, 0.29) is 18.1 Å². The van der Waals surface area contributed by atoms with Crippen molar-refractivity contribution in [1.82, 2.24) is 9.88 Å². The topological polar surface area (TPSA) is 54.8 Å². The minimum Gasteiger partial charge on any atom is -0.372 e. The molecule has 2 aliphatic rings. The number of nitrogens with zero attached hydrogens (tertiary/aromatic N) is 3. The zero-order valence-electron chi connectivity index (χ0n) is 12.0. The molecule has 6 heteroatoms. The van der Waals surface area contributed by atoms with Gasteiger partial charge in [0.2, 0.25) is 0 Å². The molecule has 1 aromatic rings. The largest absolute Gasteiger partial charge is 0.372 e. The van der Waals surface area contributed by atoms with Crippen molar-refractivity contribution >= 4 is 28.9 Å². The lowest BCUT2D eigenvalue weighted by Crippen LogP contribution is -2.47. The Labute approximate surface area is 128 Å². The molecular formula is C15H17N3O2S. The van der Waals surface area contributed by atoms with E-state index in [1.54, 1.807) is 12.4 Å². The highest BCUT2D eigenvalue weighted by molar-refractivity contribution is 8.18. The molecule has 0 bridgehead atoms. The van der Waals surface area contributed by atoms with Crippen molar-refractivity contribution in [3.63, 3.8) is 0 Å². The van der Waals surface area contributed by atoms with Crippen LogP contribution in [0.15, 0.2) is 34.4 Å². The Balaban J connectivity index is 1.74. The van der Waals surface area contributed by atoms with Crippen molar-refractivity contribution in [3.8, 4) is 0 Å². The van der Waals surface area contributed by atoms with Crippen molar-refractivity contribution in [2.24, 2.45) is 4.99 Å². The van der Waals surface area contributed by atoms with Crippen LogP contribution >= 0.6 is 11.8 Å². The fraction of sp³-hybridized carbons (Fsp3) is 0.400. The van der Waals surface area contributed by atoms with Gasteiger partial charge in [0, 0.05) is 25.5 Å². The Hall–Kier alpha value is -1.66. The van der Waals surface area contributed by atoms with E-state index in [9.17, 15) is 4.79 Å². The van der Waals surface area contributed by atoms with Crippen LogP contribution < -0.4 is 0 Å². The summed E-state index contributed by atoms with van der Waals surface area (Å²) in [4.78, 5) is 23.0. The van der Waals surface area contributed by atoms with Gasteiger partial charge in [0.05, 0.1) is 17.1 Å². The lowest BCUT2D eigenvalue weighted by atomic mass is 10.2. The second kappa shape index (κ2) is 5.99. The van der Waals surface area contributed by atoms with E-state index in [1.165, 1.54) is 11.8 Å². The van der Waals surface area contributed by atoms with E-state index in [2.05, 4.69) is 14.9 Å². The minimum atomic E-state index is -0.168. The Morgan fingerprint density at radius 1 is 1.29 bits per heavy atom. The Bertz CT molecular complexity index is 590. The van der Waals surface area contributed by atoms with Gasteiger partial charge in [0.1, 0.15) is 0 Å². The highest BCUT2D eigenvalue weighted by Gasteiger charge is 2.30. The predicted molar refractivity (Wildman–Crippen MR) is 83.8 cm³/mol. The summed E-state index contributed by atoms with van der Waals surface area (Å²) in [5.41, 5.74) is 0.959. The fourth-order valence-corrected chi connectivity index (χ4v) is 3.41. The zero-order valence-corrected chi connectivity index (χ0v) is 12.8. The highest BCUT2D eigenvalue weighted by Crippen LogP contribution is 2.31. The van der Waals surface area contributed by atoms with Crippen molar-refractivity contribution in [2.45, 2.75) is 26.1 Å².